The van der Waals surface area contributed by atoms with Gasteiger partial charge >= 0.3 is 0 Å². The molecule has 6 nitrogen and oxygen atoms in total. The van der Waals surface area contributed by atoms with Crippen molar-refractivity contribution in [3.8, 4) is 0 Å². The van der Waals surface area contributed by atoms with Crippen LogP contribution in [0, 0.1) is 5.92 Å². The van der Waals surface area contributed by atoms with Crippen molar-refractivity contribution in [2.75, 3.05) is 18.4 Å². The molecule has 2 aliphatic rings. The first kappa shape index (κ1) is 20.2. The molecular weight excluding hydrogens is 402 g/mol. The number of nitrogens with one attached hydrogen (secondary N) is 1. The van der Waals surface area contributed by atoms with Crippen LogP contribution in [0.1, 0.15) is 34.0 Å². The number of likely N-dealkylation sites (tertiary alicyclic amines) is 1. The highest BCUT2D eigenvalue weighted by Crippen LogP contribution is 2.36. The molecule has 5 rings (SSSR count). The van der Waals surface area contributed by atoms with Crippen molar-refractivity contribution < 1.29 is 9.59 Å². The molecule has 0 saturated carbocycles. The van der Waals surface area contributed by atoms with E-state index < -0.39 is 0 Å². The van der Waals surface area contributed by atoms with Gasteiger partial charge in [0.25, 0.3) is 11.5 Å². The summed E-state index contributed by atoms with van der Waals surface area (Å²) in [4.78, 5) is 40.4. The molecule has 3 aromatic rings. The molecule has 2 unspecified atom stereocenters. The van der Waals surface area contributed by atoms with Crippen LogP contribution in [0.2, 0.25) is 0 Å². The number of benzene rings is 2. The Morgan fingerprint density at radius 1 is 0.875 bits per heavy atom. The molecule has 6 heteroatoms. The molecule has 0 radical (unpaired) electrons. The predicted octanol–water partition coefficient (Wildman–Crippen LogP) is 3.29. The number of anilines is 1. The minimum Gasteiger partial charge on any atom is -0.338 e. The quantitative estimate of drug-likeness (QED) is 0.695. The standard InChI is InChI=1S/C26H25N3O3/c30-24(14-18-7-3-1-4-8-18)27-22-11-12-23-21-13-19(16-29(23)26(22)32)15-28(17-21)25(31)20-9-5-2-6-10-20/h1-12,19,21H,13-17H2,(H,27,30). The highest BCUT2D eigenvalue weighted by Gasteiger charge is 2.37. The smallest absolute Gasteiger partial charge is 0.274 e. The van der Waals surface area contributed by atoms with Crippen LogP contribution in [0.15, 0.2) is 77.6 Å². The summed E-state index contributed by atoms with van der Waals surface area (Å²) >= 11 is 0. The van der Waals surface area contributed by atoms with Crippen molar-refractivity contribution in [3.63, 3.8) is 0 Å². The van der Waals surface area contributed by atoms with E-state index in [2.05, 4.69) is 5.32 Å². The number of amides is 2. The molecule has 2 amide bonds. The van der Waals surface area contributed by atoms with Crippen LogP contribution < -0.4 is 10.9 Å². The van der Waals surface area contributed by atoms with Gasteiger partial charge in [0, 0.05) is 36.8 Å². The second-order valence-corrected chi connectivity index (χ2v) is 8.67. The fourth-order valence-corrected chi connectivity index (χ4v) is 4.95. The number of pyridine rings is 1. The van der Waals surface area contributed by atoms with E-state index in [1.165, 1.54) is 0 Å². The zero-order valence-electron chi connectivity index (χ0n) is 17.7. The maximum Gasteiger partial charge on any atom is 0.274 e. The van der Waals surface area contributed by atoms with Crippen molar-refractivity contribution in [3.05, 3.63) is 100.0 Å². The van der Waals surface area contributed by atoms with Crippen LogP contribution in [0.25, 0.3) is 0 Å². The highest BCUT2D eigenvalue weighted by molar-refractivity contribution is 5.94. The summed E-state index contributed by atoms with van der Waals surface area (Å²) in [6, 6.07) is 22.4. The van der Waals surface area contributed by atoms with Gasteiger partial charge in [-0.1, -0.05) is 48.5 Å². The summed E-state index contributed by atoms with van der Waals surface area (Å²) in [5.41, 5.74) is 2.69. The number of aromatic nitrogens is 1. The summed E-state index contributed by atoms with van der Waals surface area (Å²) < 4.78 is 1.79. The first-order chi connectivity index (χ1) is 15.6. The zero-order valence-corrected chi connectivity index (χ0v) is 17.7. The summed E-state index contributed by atoms with van der Waals surface area (Å²) in [6.45, 7) is 1.80. The molecule has 1 saturated heterocycles. The second-order valence-electron chi connectivity index (χ2n) is 8.67. The number of fused-ring (bicyclic) bond motifs is 4. The molecule has 1 fully saturated rings. The summed E-state index contributed by atoms with van der Waals surface area (Å²) in [6.07, 6.45) is 1.20. The van der Waals surface area contributed by atoms with E-state index in [0.717, 1.165) is 17.7 Å². The van der Waals surface area contributed by atoms with Gasteiger partial charge in [0.05, 0.1) is 6.42 Å². The number of piperidine rings is 1. The number of nitrogens with zero attached hydrogens (tertiary/aromatic N) is 2. The minimum atomic E-state index is -0.204. The lowest BCUT2D eigenvalue weighted by atomic mass is 9.83. The molecule has 3 heterocycles. The van der Waals surface area contributed by atoms with E-state index in [-0.39, 0.29) is 35.6 Å². The fourth-order valence-electron chi connectivity index (χ4n) is 4.95. The van der Waals surface area contributed by atoms with Crippen LogP contribution in [0.3, 0.4) is 0 Å². The second kappa shape index (κ2) is 8.46. The number of carbonyl (C=O) groups excluding carboxylic acids is 2. The minimum absolute atomic E-state index is 0.0425. The molecule has 1 N–H and O–H groups in total. The predicted molar refractivity (Wildman–Crippen MR) is 123 cm³/mol. The van der Waals surface area contributed by atoms with Gasteiger partial charge in [-0.2, -0.15) is 0 Å². The third kappa shape index (κ3) is 3.96. The van der Waals surface area contributed by atoms with E-state index in [1.807, 2.05) is 71.6 Å². The molecule has 32 heavy (non-hydrogen) atoms. The highest BCUT2D eigenvalue weighted by atomic mass is 16.2. The average Bonchev–Trinajstić information content (AvgIpc) is 2.82. The van der Waals surface area contributed by atoms with Crippen molar-refractivity contribution in [2.45, 2.75) is 25.3 Å². The monoisotopic (exact) mass is 427 g/mol. The van der Waals surface area contributed by atoms with Gasteiger partial charge < -0.3 is 14.8 Å². The number of hydrogen-bond donors (Lipinski definition) is 1. The van der Waals surface area contributed by atoms with Crippen LogP contribution >= 0.6 is 0 Å². The molecule has 2 aromatic carbocycles. The molecule has 0 spiro atoms. The Bertz CT molecular complexity index is 1200. The van der Waals surface area contributed by atoms with E-state index in [1.54, 1.807) is 10.6 Å². The van der Waals surface area contributed by atoms with Crippen LogP contribution in [0.4, 0.5) is 5.69 Å². The van der Waals surface area contributed by atoms with Crippen LogP contribution in [0.5, 0.6) is 0 Å². The first-order valence-electron chi connectivity index (χ1n) is 11.0. The topological polar surface area (TPSA) is 71.4 Å². The van der Waals surface area contributed by atoms with Crippen molar-refractivity contribution in [1.29, 1.82) is 0 Å². The van der Waals surface area contributed by atoms with Gasteiger partial charge in [-0.3, -0.25) is 14.4 Å². The average molecular weight is 428 g/mol. The number of hydrogen-bond acceptors (Lipinski definition) is 3. The Hall–Kier alpha value is -3.67. The maximum atomic E-state index is 13.1. The van der Waals surface area contributed by atoms with E-state index in [4.69, 9.17) is 0 Å². The van der Waals surface area contributed by atoms with E-state index in [9.17, 15) is 14.4 Å². The summed E-state index contributed by atoms with van der Waals surface area (Å²) in [7, 11) is 0. The summed E-state index contributed by atoms with van der Waals surface area (Å²) in [5.74, 6) is 0.184. The lowest BCUT2D eigenvalue weighted by Crippen LogP contribution is -2.49. The van der Waals surface area contributed by atoms with Gasteiger partial charge in [-0.25, -0.2) is 0 Å². The first-order valence-corrected chi connectivity index (χ1v) is 11.0. The number of rotatable bonds is 4. The zero-order chi connectivity index (χ0) is 22.1. The van der Waals surface area contributed by atoms with Gasteiger partial charge in [-0.15, -0.1) is 0 Å². The lowest BCUT2D eigenvalue weighted by Gasteiger charge is -2.43. The fraction of sp³-hybridized carbons (Fsp3) is 0.269. The van der Waals surface area contributed by atoms with Gasteiger partial charge in [0.1, 0.15) is 5.69 Å². The molecule has 162 valence electrons. The van der Waals surface area contributed by atoms with Crippen molar-refractivity contribution >= 4 is 17.5 Å². The maximum absolute atomic E-state index is 13.1. The van der Waals surface area contributed by atoms with Crippen molar-refractivity contribution in [1.82, 2.24) is 9.47 Å². The molecule has 2 bridgehead atoms. The summed E-state index contributed by atoms with van der Waals surface area (Å²) in [5, 5.41) is 2.79. The third-order valence-electron chi connectivity index (χ3n) is 6.39. The van der Waals surface area contributed by atoms with E-state index in [0.29, 0.717) is 30.9 Å². The Balaban J connectivity index is 1.34. The largest absolute Gasteiger partial charge is 0.338 e. The van der Waals surface area contributed by atoms with E-state index >= 15 is 0 Å². The molecule has 2 aliphatic heterocycles. The Morgan fingerprint density at radius 3 is 2.34 bits per heavy atom. The molecule has 1 aromatic heterocycles. The van der Waals surface area contributed by atoms with Crippen molar-refractivity contribution in [2.24, 2.45) is 5.92 Å². The van der Waals surface area contributed by atoms with Crippen LogP contribution in [-0.4, -0.2) is 34.4 Å². The van der Waals surface area contributed by atoms with Gasteiger partial charge in [0.2, 0.25) is 5.91 Å². The Morgan fingerprint density at radius 2 is 1.59 bits per heavy atom. The normalized spacial score (nSPS) is 19.2. The molecule has 2 atom stereocenters. The van der Waals surface area contributed by atoms with Crippen LogP contribution in [-0.2, 0) is 17.8 Å². The third-order valence-corrected chi connectivity index (χ3v) is 6.39. The Labute approximate surface area is 186 Å². The van der Waals surface area contributed by atoms with Gasteiger partial charge in [0.15, 0.2) is 0 Å². The van der Waals surface area contributed by atoms with Gasteiger partial charge in [-0.05, 0) is 42.2 Å². The SMILES string of the molecule is O=C(Cc1ccccc1)Nc1ccc2n(c1=O)CC1CC2CN(C(=O)c2ccccc2)C1. The number of carbonyl (C=O) groups is 2. The lowest BCUT2D eigenvalue weighted by molar-refractivity contribution is -0.115. The Kier molecular flexibility index (Phi) is 5.35. The molecular formula is C26H25N3O3. The molecule has 0 aliphatic carbocycles.